The lowest BCUT2D eigenvalue weighted by Crippen LogP contribution is -2.40. The molecule has 0 aliphatic carbocycles. The minimum Gasteiger partial charge on any atom is -0.348 e. The number of carbonyl (C=O) groups is 1. The second-order valence-electron chi connectivity index (χ2n) is 5.16. The number of anilines is 1. The number of rotatable bonds is 7. The van der Waals surface area contributed by atoms with E-state index in [1.165, 1.54) is 27.9 Å². The Bertz CT molecular complexity index is 822. The van der Waals surface area contributed by atoms with Crippen molar-refractivity contribution in [2.24, 2.45) is 0 Å². The molecule has 8 nitrogen and oxygen atoms in total. The molecule has 0 fully saturated rings. The largest absolute Gasteiger partial charge is 0.348 e. The van der Waals surface area contributed by atoms with E-state index in [9.17, 15) is 26.0 Å². The zero-order valence-electron chi connectivity index (χ0n) is 13.7. The van der Waals surface area contributed by atoms with Crippen molar-refractivity contribution in [3.8, 4) is 0 Å². The third kappa shape index (κ3) is 4.65. The average Bonchev–Trinajstić information content (AvgIpc) is 2.47. The highest BCUT2D eigenvalue weighted by molar-refractivity contribution is 7.94. The van der Waals surface area contributed by atoms with Crippen LogP contribution in [-0.2, 0) is 24.8 Å². The van der Waals surface area contributed by atoms with Crippen LogP contribution in [0.25, 0.3) is 0 Å². The van der Waals surface area contributed by atoms with Gasteiger partial charge < -0.3 is 4.90 Å². The van der Waals surface area contributed by atoms with Crippen molar-refractivity contribution >= 4 is 31.6 Å². The summed E-state index contributed by atoms with van der Waals surface area (Å²) < 4.78 is 66.5. The van der Waals surface area contributed by atoms with Gasteiger partial charge in [0.1, 0.15) is 10.7 Å². The molecule has 24 heavy (non-hydrogen) atoms. The van der Waals surface area contributed by atoms with Gasteiger partial charge in [-0.05, 0) is 25.1 Å². The Kier molecular flexibility index (Phi) is 6.31. The maximum atomic E-state index is 13.4. The summed E-state index contributed by atoms with van der Waals surface area (Å²) >= 11 is 0. The van der Waals surface area contributed by atoms with Gasteiger partial charge in [-0.25, -0.2) is 25.9 Å². The molecule has 1 amide bonds. The molecule has 0 aromatic heterocycles. The quantitative estimate of drug-likeness (QED) is 0.707. The zero-order valence-corrected chi connectivity index (χ0v) is 15.3. The molecule has 0 aliphatic heterocycles. The van der Waals surface area contributed by atoms with Crippen molar-refractivity contribution in [3.63, 3.8) is 0 Å². The molecule has 0 saturated heterocycles. The van der Waals surface area contributed by atoms with E-state index in [4.69, 9.17) is 0 Å². The number of nitrogens with zero attached hydrogens (tertiary/aromatic N) is 1. The molecule has 11 heteroatoms. The summed E-state index contributed by atoms with van der Waals surface area (Å²) in [5.41, 5.74) is -0.337. The lowest BCUT2D eigenvalue weighted by Gasteiger charge is -2.19. The van der Waals surface area contributed by atoms with E-state index in [2.05, 4.69) is 9.44 Å². The van der Waals surface area contributed by atoms with Gasteiger partial charge in [0.25, 0.3) is 0 Å². The topological polar surface area (TPSA) is 113 Å². The van der Waals surface area contributed by atoms with E-state index in [-0.39, 0.29) is 12.2 Å². The lowest BCUT2D eigenvalue weighted by atomic mass is 10.3. The van der Waals surface area contributed by atoms with Crippen LogP contribution in [0.2, 0.25) is 0 Å². The molecule has 1 rings (SSSR count). The molecule has 0 saturated carbocycles. The number of nitrogens with one attached hydrogen (secondary N) is 2. The Hall–Kier alpha value is -1.72. The van der Waals surface area contributed by atoms with E-state index in [1.54, 1.807) is 0 Å². The van der Waals surface area contributed by atoms with Gasteiger partial charge in [-0.3, -0.25) is 9.52 Å². The first-order chi connectivity index (χ1) is 10.9. The smallest absolute Gasteiger partial charge is 0.244 e. The second-order valence-corrected chi connectivity index (χ2v) is 8.90. The Morgan fingerprint density at radius 3 is 2.33 bits per heavy atom. The molecular weight excluding hydrogens is 361 g/mol. The normalized spacial score (nSPS) is 13.4. The maximum absolute atomic E-state index is 13.4. The number of carbonyl (C=O) groups excluding carboxylic acids is 1. The van der Waals surface area contributed by atoms with Crippen molar-refractivity contribution in [1.29, 1.82) is 0 Å². The van der Waals surface area contributed by atoms with Crippen LogP contribution in [0.4, 0.5) is 10.1 Å². The molecule has 1 aromatic carbocycles. The molecule has 1 aromatic rings. The predicted molar refractivity (Wildman–Crippen MR) is 88.0 cm³/mol. The van der Waals surface area contributed by atoms with Gasteiger partial charge in [0.2, 0.25) is 26.0 Å². The summed E-state index contributed by atoms with van der Waals surface area (Å²) in [7, 11) is -5.54. The zero-order chi connectivity index (χ0) is 18.7. The van der Waals surface area contributed by atoms with Crippen molar-refractivity contribution in [2.75, 3.05) is 25.4 Å². The monoisotopic (exact) mass is 381 g/mol. The molecule has 0 aliphatic rings. The lowest BCUT2D eigenvalue weighted by molar-refractivity contribution is -0.127. The highest BCUT2D eigenvalue weighted by atomic mass is 32.2. The highest BCUT2D eigenvalue weighted by Gasteiger charge is 2.31. The Labute approximate surface area is 141 Å². The second kappa shape index (κ2) is 7.45. The molecule has 1 atom stereocenters. The number of halogens is 1. The Balaban J connectivity index is 3.32. The fourth-order valence-corrected chi connectivity index (χ4v) is 4.22. The van der Waals surface area contributed by atoms with Crippen LogP contribution in [0.1, 0.15) is 13.8 Å². The minimum absolute atomic E-state index is 0.0422. The molecule has 0 heterocycles. The number of hydrogen-bond donors (Lipinski definition) is 2. The van der Waals surface area contributed by atoms with Gasteiger partial charge in [0.05, 0.1) is 5.69 Å². The summed E-state index contributed by atoms with van der Waals surface area (Å²) in [6.45, 7) is 2.74. The summed E-state index contributed by atoms with van der Waals surface area (Å²) in [6.07, 6.45) is 0. The van der Waals surface area contributed by atoms with Gasteiger partial charge in [0, 0.05) is 20.6 Å². The van der Waals surface area contributed by atoms with E-state index in [0.717, 1.165) is 17.0 Å². The van der Waals surface area contributed by atoms with Gasteiger partial charge in [-0.15, -0.1) is 0 Å². The molecule has 2 N–H and O–H groups in total. The number of benzene rings is 1. The van der Waals surface area contributed by atoms with Crippen LogP contribution in [-0.4, -0.2) is 53.5 Å². The number of hydrogen-bond acceptors (Lipinski definition) is 5. The summed E-state index contributed by atoms with van der Waals surface area (Å²) in [5.74, 6) is -1.52. The minimum atomic E-state index is -4.22. The maximum Gasteiger partial charge on any atom is 0.244 e. The Morgan fingerprint density at radius 1 is 1.25 bits per heavy atom. The third-order valence-corrected chi connectivity index (χ3v) is 6.30. The molecule has 0 radical (unpaired) electrons. The first-order valence-corrected chi connectivity index (χ1v) is 9.97. The SMILES string of the molecule is CCNS(=O)(=O)c1cc(F)ccc1NS(=O)(=O)[C@H](C)C(=O)N(C)C. The summed E-state index contributed by atoms with van der Waals surface area (Å²) in [6, 6.07) is 2.61. The van der Waals surface area contributed by atoms with Gasteiger partial charge in [-0.2, -0.15) is 0 Å². The molecule has 0 unspecified atom stereocenters. The standard InChI is InChI=1S/C13H20FN3O5S2/c1-5-15-24(21,22)12-8-10(14)6-7-11(12)16-23(19,20)9(2)13(18)17(3)4/h6-9,15-16H,5H2,1-4H3/t9-/m1/s1. The van der Waals surface area contributed by atoms with E-state index < -0.39 is 41.9 Å². The fraction of sp³-hybridized carbons (Fsp3) is 0.462. The van der Waals surface area contributed by atoms with Crippen LogP contribution in [0.5, 0.6) is 0 Å². The van der Waals surface area contributed by atoms with E-state index in [0.29, 0.717) is 6.07 Å². The van der Waals surface area contributed by atoms with E-state index >= 15 is 0 Å². The van der Waals surface area contributed by atoms with Crippen LogP contribution < -0.4 is 9.44 Å². The van der Waals surface area contributed by atoms with E-state index in [1.807, 2.05) is 0 Å². The predicted octanol–water partition coefficient (Wildman–Crippen LogP) is 0.342. The average molecular weight is 381 g/mol. The first-order valence-electron chi connectivity index (χ1n) is 6.94. The number of amides is 1. The molecule has 0 bridgehead atoms. The van der Waals surface area contributed by atoms with Crippen molar-refractivity contribution in [2.45, 2.75) is 24.0 Å². The van der Waals surface area contributed by atoms with Crippen LogP contribution >= 0.6 is 0 Å². The van der Waals surface area contributed by atoms with Gasteiger partial charge >= 0.3 is 0 Å². The van der Waals surface area contributed by atoms with Gasteiger partial charge in [-0.1, -0.05) is 6.92 Å². The summed E-state index contributed by atoms with van der Waals surface area (Å²) in [5, 5.41) is -1.45. The highest BCUT2D eigenvalue weighted by Crippen LogP contribution is 2.24. The molecular formula is C13H20FN3O5S2. The first kappa shape index (κ1) is 20.3. The third-order valence-electron chi connectivity index (χ3n) is 3.07. The number of sulfonamides is 2. The Morgan fingerprint density at radius 2 is 1.83 bits per heavy atom. The molecule has 136 valence electrons. The fourth-order valence-electron chi connectivity index (χ4n) is 1.81. The summed E-state index contributed by atoms with van der Waals surface area (Å²) in [4.78, 5) is 12.4. The van der Waals surface area contributed by atoms with Crippen LogP contribution in [0.15, 0.2) is 23.1 Å². The van der Waals surface area contributed by atoms with Crippen LogP contribution in [0, 0.1) is 5.82 Å². The van der Waals surface area contributed by atoms with Crippen LogP contribution in [0.3, 0.4) is 0 Å². The molecule has 0 spiro atoms. The van der Waals surface area contributed by atoms with Crippen molar-refractivity contribution in [3.05, 3.63) is 24.0 Å². The van der Waals surface area contributed by atoms with Gasteiger partial charge in [0.15, 0.2) is 5.25 Å². The van der Waals surface area contributed by atoms with Crippen molar-refractivity contribution in [1.82, 2.24) is 9.62 Å². The van der Waals surface area contributed by atoms with Crippen molar-refractivity contribution < 1.29 is 26.0 Å².